The van der Waals surface area contributed by atoms with Gasteiger partial charge in [-0.1, -0.05) is 24.3 Å². The van der Waals surface area contributed by atoms with E-state index in [0.717, 1.165) is 27.4 Å². The second-order valence-electron chi connectivity index (χ2n) is 7.34. The molecule has 0 fully saturated rings. The van der Waals surface area contributed by atoms with Crippen molar-refractivity contribution in [2.24, 2.45) is 0 Å². The van der Waals surface area contributed by atoms with E-state index in [0.29, 0.717) is 30.2 Å². The molecule has 0 saturated heterocycles. The second-order valence-corrected chi connectivity index (χ2v) is 8.29. The van der Waals surface area contributed by atoms with E-state index in [4.69, 9.17) is 14.6 Å². The van der Waals surface area contributed by atoms with Crippen LogP contribution in [0, 0.1) is 6.92 Å². The highest BCUT2D eigenvalue weighted by Crippen LogP contribution is 2.28. The van der Waals surface area contributed by atoms with Crippen LogP contribution >= 0.6 is 11.3 Å². The number of carbonyl (C=O) groups excluding carboxylic acids is 1. The molecule has 2 heterocycles. The highest BCUT2D eigenvalue weighted by Gasteiger charge is 2.18. The van der Waals surface area contributed by atoms with Gasteiger partial charge < -0.3 is 14.8 Å². The number of hydrogen-bond donors (Lipinski definition) is 1. The number of aryl methyl sites for hydroxylation is 1. The van der Waals surface area contributed by atoms with Crippen molar-refractivity contribution in [2.45, 2.75) is 13.3 Å². The number of nitrogens with one attached hydrogen (secondary N) is 1. The monoisotopic (exact) mass is 447 g/mol. The second kappa shape index (κ2) is 9.70. The summed E-state index contributed by atoms with van der Waals surface area (Å²) < 4.78 is 12.4. The number of aromatic nitrogens is 2. The fourth-order valence-corrected chi connectivity index (χ4v) is 4.17. The molecule has 0 atom stereocenters. The van der Waals surface area contributed by atoms with Crippen molar-refractivity contribution < 1.29 is 14.3 Å². The van der Waals surface area contributed by atoms with Crippen LogP contribution in [0.25, 0.3) is 16.3 Å². The molecule has 6 nitrogen and oxygen atoms in total. The highest BCUT2D eigenvalue weighted by atomic mass is 32.1. The first-order valence-electron chi connectivity index (χ1n) is 10.3. The molecule has 0 aliphatic carbocycles. The van der Waals surface area contributed by atoms with Crippen LogP contribution in [0.3, 0.4) is 0 Å². The molecule has 0 radical (unpaired) electrons. The van der Waals surface area contributed by atoms with Crippen molar-refractivity contribution in [3.8, 4) is 27.8 Å². The molecule has 4 aromatic rings. The number of nitrogens with zero attached hydrogens (tertiary/aromatic N) is 2. The molecule has 7 heteroatoms. The lowest BCUT2D eigenvalue weighted by molar-refractivity contribution is 0.0946. The van der Waals surface area contributed by atoms with Crippen molar-refractivity contribution >= 4 is 17.2 Å². The summed E-state index contributed by atoms with van der Waals surface area (Å²) in [4.78, 5) is 14.1. The maximum absolute atomic E-state index is 13.1. The summed E-state index contributed by atoms with van der Waals surface area (Å²) in [5, 5.41) is 9.76. The maximum Gasteiger partial charge on any atom is 0.270 e. The fourth-order valence-electron chi connectivity index (χ4n) is 3.49. The normalized spacial score (nSPS) is 10.7. The van der Waals surface area contributed by atoms with Gasteiger partial charge in [0.1, 0.15) is 11.4 Å². The minimum atomic E-state index is -0.165. The molecular weight excluding hydrogens is 422 g/mol. The summed E-state index contributed by atoms with van der Waals surface area (Å²) in [6.07, 6.45) is 0.669. The van der Waals surface area contributed by atoms with Gasteiger partial charge in [0.25, 0.3) is 5.91 Å². The fraction of sp³-hybridized carbons (Fsp3) is 0.200. The average molecular weight is 448 g/mol. The summed E-state index contributed by atoms with van der Waals surface area (Å²) in [5.41, 5.74) is 4.31. The SMILES string of the molecule is COc1ccc(CCNC(=O)c2cc(-c3cccs3)nn2-c2cccc(C)c2)cc1OC. The van der Waals surface area contributed by atoms with Crippen LogP contribution in [0.2, 0.25) is 0 Å². The lowest BCUT2D eigenvalue weighted by atomic mass is 10.1. The molecule has 0 aliphatic heterocycles. The van der Waals surface area contributed by atoms with E-state index in [1.807, 2.05) is 73.0 Å². The summed E-state index contributed by atoms with van der Waals surface area (Å²) in [6.45, 7) is 2.51. The molecule has 1 amide bonds. The van der Waals surface area contributed by atoms with E-state index < -0.39 is 0 Å². The molecule has 32 heavy (non-hydrogen) atoms. The Morgan fingerprint density at radius 1 is 1.03 bits per heavy atom. The summed E-state index contributed by atoms with van der Waals surface area (Å²) >= 11 is 1.60. The third-order valence-corrected chi connectivity index (χ3v) is 6.00. The third kappa shape index (κ3) is 4.68. The summed E-state index contributed by atoms with van der Waals surface area (Å²) in [5.74, 6) is 1.19. The van der Waals surface area contributed by atoms with Gasteiger partial charge in [-0.2, -0.15) is 5.10 Å². The molecule has 2 aromatic carbocycles. The van der Waals surface area contributed by atoms with Gasteiger partial charge in [0.2, 0.25) is 0 Å². The number of carbonyl (C=O) groups is 1. The molecular formula is C25H25N3O3S. The van der Waals surface area contributed by atoms with Crippen LogP contribution in [0.15, 0.2) is 66.0 Å². The first-order valence-corrected chi connectivity index (χ1v) is 11.2. The average Bonchev–Trinajstić information content (AvgIpc) is 3.49. The zero-order chi connectivity index (χ0) is 22.5. The van der Waals surface area contributed by atoms with Crippen molar-refractivity contribution in [3.63, 3.8) is 0 Å². The van der Waals surface area contributed by atoms with E-state index in [9.17, 15) is 4.79 Å². The Balaban J connectivity index is 1.54. The molecule has 0 saturated carbocycles. The Hall–Kier alpha value is -3.58. The summed E-state index contributed by atoms with van der Waals surface area (Å²) in [7, 11) is 3.22. The first kappa shape index (κ1) is 21.6. The van der Waals surface area contributed by atoms with Crippen LogP contribution in [-0.4, -0.2) is 36.5 Å². The number of amides is 1. The first-order chi connectivity index (χ1) is 15.6. The Morgan fingerprint density at radius 3 is 2.59 bits per heavy atom. The topological polar surface area (TPSA) is 65.4 Å². The zero-order valence-electron chi connectivity index (χ0n) is 18.3. The van der Waals surface area contributed by atoms with Crippen LogP contribution in [0.5, 0.6) is 11.5 Å². The van der Waals surface area contributed by atoms with Crippen LogP contribution in [0.4, 0.5) is 0 Å². The van der Waals surface area contributed by atoms with E-state index in [2.05, 4.69) is 5.32 Å². The molecule has 0 spiro atoms. The number of thiophene rings is 1. The minimum Gasteiger partial charge on any atom is -0.493 e. The van der Waals surface area contributed by atoms with E-state index in [1.54, 1.807) is 30.2 Å². The Kier molecular flexibility index (Phi) is 6.56. The van der Waals surface area contributed by atoms with Crippen molar-refractivity contribution in [1.82, 2.24) is 15.1 Å². The third-order valence-electron chi connectivity index (χ3n) is 5.11. The van der Waals surface area contributed by atoms with E-state index in [1.165, 1.54) is 0 Å². The predicted molar refractivity (Wildman–Crippen MR) is 127 cm³/mol. The molecule has 164 valence electrons. The predicted octanol–water partition coefficient (Wildman–Crippen LogP) is 4.90. The zero-order valence-corrected chi connectivity index (χ0v) is 19.1. The lowest BCUT2D eigenvalue weighted by Crippen LogP contribution is -2.27. The van der Waals surface area contributed by atoms with Crippen molar-refractivity contribution in [3.05, 3.63) is 82.9 Å². The molecule has 4 rings (SSSR count). The van der Waals surface area contributed by atoms with Gasteiger partial charge >= 0.3 is 0 Å². The number of rotatable bonds is 8. The Morgan fingerprint density at radius 2 is 1.88 bits per heavy atom. The van der Waals surface area contributed by atoms with Gasteiger partial charge in [0.05, 0.1) is 24.8 Å². The lowest BCUT2D eigenvalue weighted by Gasteiger charge is -2.11. The molecule has 2 aromatic heterocycles. The highest BCUT2D eigenvalue weighted by molar-refractivity contribution is 7.13. The van der Waals surface area contributed by atoms with E-state index in [-0.39, 0.29) is 5.91 Å². The largest absolute Gasteiger partial charge is 0.493 e. The van der Waals surface area contributed by atoms with Gasteiger partial charge in [-0.25, -0.2) is 4.68 Å². The Bertz CT molecular complexity index is 1220. The van der Waals surface area contributed by atoms with Crippen molar-refractivity contribution in [1.29, 1.82) is 0 Å². The molecule has 0 unspecified atom stereocenters. The molecule has 0 bridgehead atoms. The van der Waals surface area contributed by atoms with Gasteiger partial charge in [-0.05, 0) is 66.2 Å². The maximum atomic E-state index is 13.1. The van der Waals surface area contributed by atoms with Crippen molar-refractivity contribution in [2.75, 3.05) is 20.8 Å². The minimum absolute atomic E-state index is 0.165. The van der Waals surface area contributed by atoms with Crippen LogP contribution in [-0.2, 0) is 6.42 Å². The molecule has 0 aliphatic rings. The smallest absolute Gasteiger partial charge is 0.270 e. The number of ether oxygens (including phenoxy) is 2. The number of benzene rings is 2. The molecule has 1 N–H and O–H groups in total. The van der Waals surface area contributed by atoms with Gasteiger partial charge in [0.15, 0.2) is 11.5 Å². The number of hydrogen-bond acceptors (Lipinski definition) is 5. The quantitative estimate of drug-likeness (QED) is 0.417. The van der Waals surface area contributed by atoms with Gasteiger partial charge in [-0.3, -0.25) is 4.79 Å². The standard InChI is InChI=1S/C25H25N3O3S/c1-17-6-4-7-19(14-17)28-21(16-20(27-28)24-8-5-13-32-24)25(29)26-12-11-18-9-10-22(30-2)23(15-18)31-3/h4-10,13-16H,11-12H2,1-3H3,(H,26,29). The van der Waals surface area contributed by atoms with Crippen LogP contribution in [0.1, 0.15) is 21.6 Å². The Labute approximate surface area is 191 Å². The summed E-state index contributed by atoms with van der Waals surface area (Å²) in [6, 6.07) is 19.6. The van der Waals surface area contributed by atoms with Gasteiger partial charge in [0, 0.05) is 6.54 Å². The van der Waals surface area contributed by atoms with Crippen LogP contribution < -0.4 is 14.8 Å². The van der Waals surface area contributed by atoms with Gasteiger partial charge in [-0.15, -0.1) is 11.3 Å². The number of methoxy groups -OCH3 is 2. The van der Waals surface area contributed by atoms with E-state index >= 15 is 0 Å².